The van der Waals surface area contributed by atoms with Crippen LogP contribution < -0.4 is 9.62 Å². The lowest BCUT2D eigenvalue weighted by atomic mass is 10.2. The number of benzene rings is 2. The van der Waals surface area contributed by atoms with Crippen LogP contribution in [-0.4, -0.2) is 26.6 Å². The summed E-state index contributed by atoms with van der Waals surface area (Å²) >= 11 is 2.17. The highest BCUT2D eigenvalue weighted by atomic mass is 127. The lowest BCUT2D eigenvalue weighted by Crippen LogP contribution is -2.45. The van der Waals surface area contributed by atoms with Crippen LogP contribution in [0.5, 0.6) is 0 Å². The summed E-state index contributed by atoms with van der Waals surface area (Å²) in [5, 5.41) is 2.75. The Morgan fingerprint density at radius 2 is 1.62 bits per heavy atom. The number of carbonyl (C=O) groups excluding carboxylic acids is 1. The lowest BCUT2D eigenvalue weighted by Gasteiger charge is -2.28. The van der Waals surface area contributed by atoms with Gasteiger partial charge in [-0.05, 0) is 72.8 Å². The summed E-state index contributed by atoms with van der Waals surface area (Å²) in [4.78, 5) is 12.5. The molecule has 0 spiro atoms. The topological polar surface area (TPSA) is 66.5 Å². The summed E-state index contributed by atoms with van der Waals surface area (Å²) in [6.45, 7) is 3.49. The van der Waals surface area contributed by atoms with Crippen molar-refractivity contribution < 1.29 is 13.2 Å². The van der Waals surface area contributed by atoms with Crippen molar-refractivity contribution in [3.63, 3.8) is 0 Å². The Kier molecular flexibility index (Phi) is 5.87. The molecule has 2 rings (SSSR count). The summed E-state index contributed by atoms with van der Waals surface area (Å²) in [7, 11) is -3.60. The van der Waals surface area contributed by atoms with E-state index in [1.165, 1.54) is 0 Å². The highest BCUT2D eigenvalue weighted by molar-refractivity contribution is 14.1. The number of hydrogen-bond acceptors (Lipinski definition) is 3. The summed E-state index contributed by atoms with van der Waals surface area (Å²) in [5.74, 6) is -0.387. The molecule has 2 aromatic rings. The molecule has 7 heteroatoms. The molecule has 1 atom stereocenters. The minimum Gasteiger partial charge on any atom is -0.324 e. The lowest BCUT2D eigenvalue weighted by molar-refractivity contribution is -0.116. The molecule has 0 saturated carbocycles. The maximum Gasteiger partial charge on any atom is 0.247 e. The van der Waals surface area contributed by atoms with Gasteiger partial charge in [-0.1, -0.05) is 17.7 Å². The monoisotopic (exact) mass is 458 g/mol. The SMILES string of the molecule is Cc1ccc(N(C(C)C(=O)Nc2ccc(I)cc2)S(C)(=O)=O)cc1. The summed E-state index contributed by atoms with van der Waals surface area (Å²) < 4.78 is 26.6. The van der Waals surface area contributed by atoms with Crippen LogP contribution in [0.2, 0.25) is 0 Å². The molecule has 1 amide bonds. The van der Waals surface area contributed by atoms with E-state index in [4.69, 9.17) is 0 Å². The van der Waals surface area contributed by atoms with Gasteiger partial charge in [0.05, 0.1) is 11.9 Å². The number of carbonyl (C=O) groups is 1. The largest absolute Gasteiger partial charge is 0.324 e. The molecule has 128 valence electrons. The van der Waals surface area contributed by atoms with Gasteiger partial charge in [-0.25, -0.2) is 8.42 Å². The number of amides is 1. The van der Waals surface area contributed by atoms with Gasteiger partial charge in [0, 0.05) is 9.26 Å². The zero-order valence-electron chi connectivity index (χ0n) is 13.7. The van der Waals surface area contributed by atoms with E-state index < -0.39 is 16.1 Å². The number of hydrogen-bond donors (Lipinski definition) is 1. The molecule has 24 heavy (non-hydrogen) atoms. The predicted molar refractivity (Wildman–Crippen MR) is 106 cm³/mol. The van der Waals surface area contributed by atoms with E-state index in [0.29, 0.717) is 11.4 Å². The molecule has 0 aliphatic heterocycles. The van der Waals surface area contributed by atoms with Crippen LogP contribution in [0, 0.1) is 10.5 Å². The second-order valence-electron chi connectivity index (χ2n) is 5.57. The maximum atomic E-state index is 12.5. The Hall–Kier alpha value is -1.61. The van der Waals surface area contributed by atoms with Gasteiger partial charge in [-0.2, -0.15) is 0 Å². The van der Waals surface area contributed by atoms with Crippen LogP contribution in [0.15, 0.2) is 48.5 Å². The molecule has 0 aromatic heterocycles. The summed E-state index contributed by atoms with van der Waals surface area (Å²) in [6.07, 6.45) is 1.10. The molecule has 0 fully saturated rings. The van der Waals surface area contributed by atoms with Crippen LogP contribution in [0.3, 0.4) is 0 Å². The second kappa shape index (κ2) is 7.52. The number of halogens is 1. The third-order valence-corrected chi connectivity index (χ3v) is 5.45. The molecule has 0 radical (unpaired) electrons. The predicted octanol–water partition coefficient (Wildman–Crippen LogP) is 3.39. The first-order chi connectivity index (χ1) is 11.2. The number of nitrogens with one attached hydrogen (secondary N) is 1. The molecule has 0 aliphatic carbocycles. The Labute approximate surface area is 156 Å². The third kappa shape index (κ3) is 4.70. The van der Waals surface area contributed by atoms with Crippen molar-refractivity contribution in [1.29, 1.82) is 0 Å². The highest BCUT2D eigenvalue weighted by Crippen LogP contribution is 2.22. The average molecular weight is 458 g/mol. The first-order valence-corrected chi connectivity index (χ1v) is 10.2. The van der Waals surface area contributed by atoms with E-state index in [1.54, 1.807) is 31.2 Å². The van der Waals surface area contributed by atoms with Crippen LogP contribution >= 0.6 is 22.6 Å². The van der Waals surface area contributed by atoms with E-state index in [2.05, 4.69) is 27.9 Å². The van der Waals surface area contributed by atoms with E-state index in [1.807, 2.05) is 31.2 Å². The third-order valence-electron chi connectivity index (χ3n) is 3.49. The molecule has 0 heterocycles. The zero-order valence-corrected chi connectivity index (χ0v) is 16.6. The van der Waals surface area contributed by atoms with Crippen LogP contribution in [-0.2, 0) is 14.8 Å². The van der Waals surface area contributed by atoms with E-state index in [0.717, 1.165) is 19.7 Å². The number of anilines is 2. The van der Waals surface area contributed by atoms with Crippen molar-refractivity contribution in [3.05, 3.63) is 57.7 Å². The average Bonchev–Trinajstić information content (AvgIpc) is 2.50. The molecular formula is C17H19IN2O3S. The Bertz CT molecular complexity index is 818. The molecule has 0 saturated heterocycles. The van der Waals surface area contributed by atoms with Crippen LogP contribution in [0.4, 0.5) is 11.4 Å². The molecule has 5 nitrogen and oxygen atoms in total. The summed E-state index contributed by atoms with van der Waals surface area (Å²) in [5.41, 5.74) is 2.11. The van der Waals surface area contributed by atoms with Gasteiger partial charge in [-0.15, -0.1) is 0 Å². The van der Waals surface area contributed by atoms with E-state index in [-0.39, 0.29) is 5.91 Å². The van der Waals surface area contributed by atoms with Gasteiger partial charge >= 0.3 is 0 Å². The fraction of sp³-hybridized carbons (Fsp3) is 0.235. The van der Waals surface area contributed by atoms with Gasteiger partial charge in [0.1, 0.15) is 6.04 Å². The molecule has 1 N–H and O–H groups in total. The smallest absolute Gasteiger partial charge is 0.247 e. The number of nitrogens with zero attached hydrogens (tertiary/aromatic N) is 1. The van der Waals surface area contributed by atoms with Crippen LogP contribution in [0.1, 0.15) is 12.5 Å². The van der Waals surface area contributed by atoms with Gasteiger partial charge < -0.3 is 5.32 Å². The normalized spacial score (nSPS) is 12.5. The zero-order chi connectivity index (χ0) is 17.9. The van der Waals surface area contributed by atoms with Crippen molar-refractivity contribution in [2.45, 2.75) is 19.9 Å². The van der Waals surface area contributed by atoms with Crippen molar-refractivity contribution in [3.8, 4) is 0 Å². The fourth-order valence-corrected chi connectivity index (χ4v) is 3.81. The van der Waals surface area contributed by atoms with Gasteiger partial charge in [-0.3, -0.25) is 9.10 Å². The molecular weight excluding hydrogens is 439 g/mol. The standard InChI is InChI=1S/C17H19IN2O3S/c1-12-4-10-16(11-5-12)20(24(3,22)23)13(2)17(21)19-15-8-6-14(18)7-9-15/h4-11,13H,1-3H3,(H,19,21). The maximum absolute atomic E-state index is 12.5. The van der Waals surface area contributed by atoms with Gasteiger partial charge in [0.2, 0.25) is 15.9 Å². The first-order valence-electron chi connectivity index (χ1n) is 7.31. The molecule has 0 bridgehead atoms. The van der Waals surface area contributed by atoms with Gasteiger partial charge in [0.25, 0.3) is 0 Å². The van der Waals surface area contributed by atoms with Gasteiger partial charge in [0.15, 0.2) is 0 Å². The quantitative estimate of drug-likeness (QED) is 0.699. The van der Waals surface area contributed by atoms with Crippen molar-refractivity contribution in [2.24, 2.45) is 0 Å². The van der Waals surface area contributed by atoms with E-state index >= 15 is 0 Å². The Balaban J connectivity index is 2.27. The summed E-state index contributed by atoms with van der Waals surface area (Å²) in [6, 6.07) is 13.5. The highest BCUT2D eigenvalue weighted by Gasteiger charge is 2.29. The van der Waals surface area contributed by atoms with Crippen LogP contribution in [0.25, 0.3) is 0 Å². The molecule has 0 aliphatic rings. The second-order valence-corrected chi connectivity index (χ2v) is 8.67. The van der Waals surface area contributed by atoms with E-state index in [9.17, 15) is 13.2 Å². The fourth-order valence-electron chi connectivity index (χ4n) is 2.28. The minimum absolute atomic E-state index is 0.387. The minimum atomic E-state index is -3.60. The Morgan fingerprint density at radius 1 is 1.08 bits per heavy atom. The first kappa shape index (κ1) is 18.7. The molecule has 1 unspecified atom stereocenters. The number of aryl methyl sites for hydroxylation is 1. The number of sulfonamides is 1. The van der Waals surface area contributed by atoms with Crippen molar-refractivity contribution in [2.75, 3.05) is 15.9 Å². The van der Waals surface area contributed by atoms with Crippen molar-refractivity contribution in [1.82, 2.24) is 0 Å². The number of rotatable bonds is 5. The Morgan fingerprint density at radius 3 is 2.12 bits per heavy atom. The van der Waals surface area contributed by atoms with Crippen molar-refractivity contribution >= 4 is 49.9 Å². The molecule has 2 aromatic carbocycles.